The Hall–Kier alpha value is -1.39. The summed E-state index contributed by atoms with van der Waals surface area (Å²) in [5, 5.41) is 14.6. The van der Waals surface area contributed by atoms with Gasteiger partial charge in [-0.15, -0.1) is 0 Å². The third-order valence-electron chi connectivity index (χ3n) is 3.31. The van der Waals surface area contributed by atoms with E-state index in [4.69, 9.17) is 11.6 Å². The Labute approximate surface area is 110 Å². The van der Waals surface area contributed by atoms with Gasteiger partial charge in [0.2, 0.25) is 0 Å². The van der Waals surface area contributed by atoms with Gasteiger partial charge in [0.25, 0.3) is 0 Å². The summed E-state index contributed by atoms with van der Waals surface area (Å²) in [4.78, 5) is 4.55. The van der Waals surface area contributed by atoms with Crippen molar-refractivity contribution in [2.45, 2.75) is 25.3 Å². The zero-order chi connectivity index (χ0) is 12.5. The van der Waals surface area contributed by atoms with Crippen molar-refractivity contribution in [3.63, 3.8) is 0 Å². The van der Waals surface area contributed by atoms with Crippen LogP contribution in [0.25, 0.3) is 11.4 Å². The van der Waals surface area contributed by atoms with Crippen molar-refractivity contribution in [3.05, 3.63) is 35.1 Å². The van der Waals surface area contributed by atoms with Gasteiger partial charge in [-0.1, -0.05) is 11.6 Å². The topological polar surface area (TPSA) is 50.9 Å². The van der Waals surface area contributed by atoms with E-state index in [1.165, 1.54) is 0 Å². The lowest BCUT2D eigenvalue weighted by molar-refractivity contribution is 0.234. The molecule has 1 aliphatic heterocycles. The van der Waals surface area contributed by atoms with Crippen LogP contribution in [-0.2, 0) is 6.54 Å². The van der Waals surface area contributed by atoms with Crippen LogP contribution in [0.2, 0.25) is 5.02 Å². The minimum Gasteiger partial charge on any atom is -0.396 e. The third-order valence-corrected chi connectivity index (χ3v) is 3.56. The lowest BCUT2D eigenvalue weighted by Crippen LogP contribution is -2.19. The van der Waals surface area contributed by atoms with Gasteiger partial charge in [-0.05, 0) is 37.1 Å². The largest absolute Gasteiger partial charge is 0.396 e. The Balaban J connectivity index is 1.99. The Kier molecular flexibility index (Phi) is 3.06. The molecule has 1 aliphatic rings. The molecule has 3 rings (SSSR count). The molecule has 0 bridgehead atoms. The fourth-order valence-electron chi connectivity index (χ4n) is 2.33. The minimum atomic E-state index is 0.118. The molecule has 4 nitrogen and oxygen atoms in total. The molecule has 5 heteroatoms. The molecule has 18 heavy (non-hydrogen) atoms. The summed E-state index contributed by atoms with van der Waals surface area (Å²) in [5.41, 5.74) is 0.956. The molecule has 0 aliphatic carbocycles. The molecule has 0 fully saturated rings. The highest BCUT2D eigenvalue weighted by Crippen LogP contribution is 2.27. The van der Waals surface area contributed by atoms with Crippen LogP contribution >= 0.6 is 11.6 Å². The summed E-state index contributed by atoms with van der Waals surface area (Å²) in [5.74, 6) is 1.73. The number of hydrogen-bond acceptors (Lipinski definition) is 3. The number of nitrogens with zero attached hydrogens (tertiary/aromatic N) is 3. The van der Waals surface area contributed by atoms with Gasteiger partial charge >= 0.3 is 0 Å². The molecule has 2 heterocycles. The van der Waals surface area contributed by atoms with Gasteiger partial charge in [0, 0.05) is 23.0 Å². The van der Waals surface area contributed by atoms with Gasteiger partial charge < -0.3 is 5.11 Å². The molecule has 94 valence electrons. The number of aliphatic hydroxyl groups is 1. The van der Waals surface area contributed by atoms with E-state index in [2.05, 4.69) is 10.1 Å². The minimum absolute atomic E-state index is 0.118. The van der Waals surface area contributed by atoms with Crippen LogP contribution in [0.5, 0.6) is 0 Å². The van der Waals surface area contributed by atoms with Gasteiger partial charge in [-0.2, -0.15) is 5.10 Å². The highest BCUT2D eigenvalue weighted by molar-refractivity contribution is 6.30. The lowest BCUT2D eigenvalue weighted by Gasteiger charge is -2.19. The van der Waals surface area contributed by atoms with Gasteiger partial charge in [-0.3, -0.25) is 0 Å². The first-order valence-electron chi connectivity index (χ1n) is 6.09. The maximum absolute atomic E-state index is 9.36. The highest BCUT2D eigenvalue weighted by atomic mass is 35.5. The van der Waals surface area contributed by atoms with Gasteiger partial charge in [0.15, 0.2) is 5.82 Å². The van der Waals surface area contributed by atoms with E-state index in [1.807, 2.05) is 28.9 Å². The molecule has 0 saturated heterocycles. The normalized spacial score (nSPS) is 18.7. The van der Waals surface area contributed by atoms with Crippen molar-refractivity contribution in [1.82, 2.24) is 14.8 Å². The molecule has 0 amide bonds. The molecular formula is C13H14ClN3O. The fraction of sp³-hybridized carbons (Fsp3) is 0.385. The number of aliphatic hydroxyl groups excluding tert-OH is 1. The molecule has 1 aromatic carbocycles. The second-order valence-corrected chi connectivity index (χ2v) is 4.98. The van der Waals surface area contributed by atoms with Crippen molar-refractivity contribution < 1.29 is 5.11 Å². The van der Waals surface area contributed by atoms with Gasteiger partial charge in [0.05, 0.1) is 6.61 Å². The highest BCUT2D eigenvalue weighted by Gasteiger charge is 2.23. The van der Waals surface area contributed by atoms with E-state index < -0.39 is 0 Å². The molecule has 1 unspecified atom stereocenters. The number of aryl methyl sites for hydroxylation is 1. The fourth-order valence-corrected chi connectivity index (χ4v) is 2.46. The Bertz CT molecular complexity index is 550. The third kappa shape index (κ3) is 2.02. The monoisotopic (exact) mass is 263 g/mol. The van der Waals surface area contributed by atoms with E-state index in [9.17, 15) is 5.11 Å². The standard InChI is InChI=1S/C13H14ClN3O/c14-11-5-3-9(4-6-11)12-15-13-10(8-18)2-1-7-17(13)16-12/h3-6,10,18H,1-2,7-8H2. The number of rotatable bonds is 2. The number of hydrogen-bond donors (Lipinski definition) is 1. The summed E-state index contributed by atoms with van der Waals surface area (Å²) in [6.45, 7) is 1.02. The Morgan fingerprint density at radius 2 is 2.11 bits per heavy atom. The van der Waals surface area contributed by atoms with Crippen LogP contribution in [-0.4, -0.2) is 26.5 Å². The van der Waals surface area contributed by atoms with Crippen molar-refractivity contribution in [2.24, 2.45) is 0 Å². The summed E-state index contributed by atoms with van der Waals surface area (Å²) < 4.78 is 1.91. The van der Waals surface area contributed by atoms with Gasteiger partial charge in [0.1, 0.15) is 5.82 Å². The average Bonchev–Trinajstić information content (AvgIpc) is 2.83. The van der Waals surface area contributed by atoms with Crippen molar-refractivity contribution in [1.29, 1.82) is 0 Å². The number of fused-ring (bicyclic) bond motifs is 1. The van der Waals surface area contributed by atoms with Gasteiger partial charge in [-0.25, -0.2) is 9.67 Å². The van der Waals surface area contributed by atoms with Crippen LogP contribution in [0, 0.1) is 0 Å². The lowest BCUT2D eigenvalue weighted by atomic mass is 10.0. The first kappa shape index (κ1) is 11.7. The second-order valence-electron chi connectivity index (χ2n) is 4.55. The number of aromatic nitrogens is 3. The smallest absolute Gasteiger partial charge is 0.181 e. The second kappa shape index (κ2) is 4.71. The quantitative estimate of drug-likeness (QED) is 0.906. The maximum Gasteiger partial charge on any atom is 0.181 e. The Morgan fingerprint density at radius 3 is 2.83 bits per heavy atom. The predicted octanol–water partition coefficient (Wildman–Crippen LogP) is 2.47. The summed E-state index contributed by atoms with van der Waals surface area (Å²) >= 11 is 5.87. The van der Waals surface area contributed by atoms with E-state index in [0.717, 1.165) is 30.8 Å². The zero-order valence-electron chi connectivity index (χ0n) is 9.88. The van der Waals surface area contributed by atoms with Crippen LogP contribution in [0.3, 0.4) is 0 Å². The molecule has 2 aromatic rings. The van der Waals surface area contributed by atoms with Crippen LogP contribution in [0.15, 0.2) is 24.3 Å². The molecule has 1 N–H and O–H groups in total. The van der Waals surface area contributed by atoms with Crippen LogP contribution in [0.4, 0.5) is 0 Å². The van der Waals surface area contributed by atoms with E-state index in [0.29, 0.717) is 10.8 Å². The Morgan fingerprint density at radius 1 is 1.33 bits per heavy atom. The number of benzene rings is 1. The summed E-state index contributed by atoms with van der Waals surface area (Å²) in [6.07, 6.45) is 2.02. The first-order valence-corrected chi connectivity index (χ1v) is 6.47. The van der Waals surface area contributed by atoms with Crippen LogP contribution in [0.1, 0.15) is 24.6 Å². The molecule has 0 spiro atoms. The van der Waals surface area contributed by atoms with Crippen molar-refractivity contribution in [3.8, 4) is 11.4 Å². The van der Waals surface area contributed by atoms with E-state index in [1.54, 1.807) is 0 Å². The molecular weight excluding hydrogens is 250 g/mol. The predicted molar refractivity (Wildman–Crippen MR) is 69.5 cm³/mol. The molecule has 0 saturated carbocycles. The molecule has 1 atom stereocenters. The van der Waals surface area contributed by atoms with Crippen LogP contribution < -0.4 is 0 Å². The van der Waals surface area contributed by atoms with E-state index in [-0.39, 0.29) is 12.5 Å². The average molecular weight is 264 g/mol. The maximum atomic E-state index is 9.36. The number of halogens is 1. The SMILES string of the molecule is OCC1CCCn2nc(-c3ccc(Cl)cc3)nc21. The summed E-state index contributed by atoms with van der Waals surface area (Å²) in [6, 6.07) is 7.50. The summed E-state index contributed by atoms with van der Waals surface area (Å²) in [7, 11) is 0. The molecule has 1 aromatic heterocycles. The molecule has 0 radical (unpaired) electrons. The van der Waals surface area contributed by atoms with Crippen molar-refractivity contribution >= 4 is 11.6 Å². The van der Waals surface area contributed by atoms with E-state index >= 15 is 0 Å². The van der Waals surface area contributed by atoms with Crippen molar-refractivity contribution in [2.75, 3.05) is 6.61 Å². The zero-order valence-corrected chi connectivity index (χ0v) is 10.6. The first-order chi connectivity index (χ1) is 8.78.